The maximum atomic E-state index is 5.37. The summed E-state index contributed by atoms with van der Waals surface area (Å²) >= 11 is 3.66. The Balaban J connectivity index is 1.45. The highest BCUT2D eigenvalue weighted by Gasteiger charge is 2.33. The van der Waals surface area contributed by atoms with E-state index in [1.165, 1.54) is 21.9 Å². The van der Waals surface area contributed by atoms with Crippen LogP contribution in [0.5, 0.6) is 0 Å². The van der Waals surface area contributed by atoms with E-state index in [4.69, 9.17) is 5.10 Å². The molecule has 9 aromatic rings. The number of fused-ring (bicyclic) bond motifs is 2. The van der Waals surface area contributed by atoms with Gasteiger partial charge in [-0.15, -0.1) is 0 Å². The molecule has 2 N–H and O–H groups in total. The largest absolute Gasteiger partial charge is 0.354 e. The fraction of sp³-hybridized carbons (Fsp3) is 0.0227. The number of halogens is 1. The molecule has 0 fully saturated rings. The van der Waals surface area contributed by atoms with Crippen molar-refractivity contribution in [1.29, 1.82) is 0 Å². The summed E-state index contributed by atoms with van der Waals surface area (Å²) in [6.45, 7) is 0. The molecule has 0 saturated carbocycles. The number of nitrogens with zero attached hydrogens (tertiary/aromatic N) is 2. The summed E-state index contributed by atoms with van der Waals surface area (Å²) in [6.07, 6.45) is 2.24. The number of para-hydroxylation sites is 3. The van der Waals surface area contributed by atoms with E-state index < -0.39 is 0 Å². The van der Waals surface area contributed by atoms with Crippen molar-refractivity contribution < 1.29 is 0 Å². The first-order valence-corrected chi connectivity index (χ1v) is 17.3. The molecule has 4 nitrogen and oxygen atoms in total. The molecule has 3 heterocycles. The third-order valence-electron chi connectivity index (χ3n) is 9.39. The van der Waals surface area contributed by atoms with Crippen LogP contribution in [0.2, 0.25) is 0 Å². The molecule has 0 radical (unpaired) electrons. The number of benzene rings is 6. The molecule has 0 aliphatic heterocycles. The van der Waals surface area contributed by atoms with Crippen molar-refractivity contribution in [2.75, 3.05) is 0 Å². The third-order valence-corrected chi connectivity index (χ3v) is 9.92. The molecular weight excluding hydrogens is 664 g/mol. The number of rotatable bonds is 7. The van der Waals surface area contributed by atoms with Crippen molar-refractivity contribution in [1.82, 2.24) is 19.7 Å². The van der Waals surface area contributed by atoms with Crippen LogP contribution in [0.15, 0.2) is 174 Å². The minimum absolute atomic E-state index is 0.214. The summed E-state index contributed by atoms with van der Waals surface area (Å²) < 4.78 is 3.07. The molecule has 0 bridgehead atoms. The fourth-order valence-electron chi connectivity index (χ4n) is 7.19. The van der Waals surface area contributed by atoms with Crippen molar-refractivity contribution in [3.05, 3.63) is 191 Å². The third kappa shape index (κ3) is 5.20. The Morgan fingerprint density at radius 3 is 1.49 bits per heavy atom. The molecule has 0 unspecified atom stereocenters. The van der Waals surface area contributed by atoms with Gasteiger partial charge in [0.05, 0.1) is 22.8 Å². The zero-order chi connectivity index (χ0) is 32.7. The Morgan fingerprint density at radius 2 is 0.959 bits per heavy atom. The number of aromatic amines is 2. The van der Waals surface area contributed by atoms with Crippen LogP contribution >= 0.6 is 15.9 Å². The van der Waals surface area contributed by atoms with Gasteiger partial charge in [-0.05, 0) is 58.7 Å². The molecular formula is C44H31BrN4. The van der Waals surface area contributed by atoms with Crippen LogP contribution in [-0.2, 0) is 0 Å². The normalized spacial score (nSPS) is 11.6. The van der Waals surface area contributed by atoms with Crippen LogP contribution in [0.1, 0.15) is 22.6 Å². The van der Waals surface area contributed by atoms with Gasteiger partial charge in [0.2, 0.25) is 0 Å². The van der Waals surface area contributed by atoms with Gasteiger partial charge in [0.25, 0.3) is 0 Å². The van der Waals surface area contributed by atoms with Gasteiger partial charge in [-0.3, -0.25) is 0 Å². The molecule has 5 heteroatoms. The quantitative estimate of drug-likeness (QED) is 0.171. The Labute approximate surface area is 292 Å². The van der Waals surface area contributed by atoms with E-state index in [0.29, 0.717) is 0 Å². The second-order valence-electron chi connectivity index (χ2n) is 12.3. The molecule has 0 spiro atoms. The summed E-state index contributed by atoms with van der Waals surface area (Å²) in [5.74, 6) is -0.214. The maximum Gasteiger partial charge on any atom is 0.0969 e. The average Bonchev–Trinajstić information content (AvgIpc) is 3.89. The number of nitrogens with one attached hydrogen (secondary N) is 2. The zero-order valence-electron chi connectivity index (χ0n) is 26.5. The first-order chi connectivity index (χ1) is 24.2. The van der Waals surface area contributed by atoms with Crippen LogP contribution in [-0.4, -0.2) is 19.7 Å². The van der Waals surface area contributed by atoms with Crippen LogP contribution in [0.4, 0.5) is 0 Å². The Morgan fingerprint density at radius 1 is 0.490 bits per heavy atom. The maximum absolute atomic E-state index is 5.37. The predicted octanol–water partition coefficient (Wildman–Crippen LogP) is 11.8. The Kier molecular flexibility index (Phi) is 7.33. The topological polar surface area (TPSA) is 49.4 Å². The molecule has 0 atom stereocenters. The van der Waals surface area contributed by atoms with Crippen LogP contribution < -0.4 is 0 Å². The number of hydrogen-bond acceptors (Lipinski definition) is 1. The van der Waals surface area contributed by atoms with E-state index in [9.17, 15) is 0 Å². The number of H-pyrrole nitrogens is 2. The van der Waals surface area contributed by atoms with Crippen molar-refractivity contribution in [3.63, 3.8) is 0 Å². The average molecular weight is 696 g/mol. The smallest absolute Gasteiger partial charge is 0.0969 e. The molecule has 0 aliphatic rings. The van der Waals surface area contributed by atoms with Crippen molar-refractivity contribution in [3.8, 4) is 39.5 Å². The van der Waals surface area contributed by atoms with Crippen LogP contribution in [0.25, 0.3) is 61.3 Å². The lowest BCUT2D eigenvalue weighted by Crippen LogP contribution is -2.07. The number of aromatic nitrogens is 4. The minimum Gasteiger partial charge on any atom is -0.354 e. The van der Waals surface area contributed by atoms with Gasteiger partial charge in [0, 0.05) is 49.5 Å². The molecule has 49 heavy (non-hydrogen) atoms. The van der Waals surface area contributed by atoms with E-state index >= 15 is 0 Å². The second kappa shape index (κ2) is 12.3. The van der Waals surface area contributed by atoms with Crippen molar-refractivity contribution in [2.24, 2.45) is 0 Å². The van der Waals surface area contributed by atoms with Gasteiger partial charge < -0.3 is 9.97 Å². The molecule has 0 saturated heterocycles. The van der Waals surface area contributed by atoms with E-state index in [-0.39, 0.29) is 5.92 Å². The van der Waals surface area contributed by atoms with Crippen LogP contribution in [0.3, 0.4) is 0 Å². The Hall–Kier alpha value is -5.91. The summed E-state index contributed by atoms with van der Waals surface area (Å²) in [5.41, 5.74) is 13.2. The molecule has 6 aromatic carbocycles. The van der Waals surface area contributed by atoms with Crippen molar-refractivity contribution in [2.45, 2.75) is 5.92 Å². The number of hydrogen-bond donors (Lipinski definition) is 2. The van der Waals surface area contributed by atoms with Gasteiger partial charge >= 0.3 is 0 Å². The monoisotopic (exact) mass is 694 g/mol. The van der Waals surface area contributed by atoms with Gasteiger partial charge in [0.1, 0.15) is 0 Å². The van der Waals surface area contributed by atoms with Gasteiger partial charge in [-0.2, -0.15) is 5.10 Å². The lowest BCUT2D eigenvalue weighted by Gasteiger charge is -2.22. The summed E-state index contributed by atoms with van der Waals surface area (Å²) in [4.78, 5) is 7.72. The highest BCUT2D eigenvalue weighted by Crippen LogP contribution is 2.49. The lowest BCUT2D eigenvalue weighted by molar-refractivity contribution is 0.882. The molecule has 234 valence electrons. The molecule has 9 rings (SSSR count). The Bertz CT molecular complexity index is 2430. The fourth-order valence-corrected chi connectivity index (χ4v) is 7.46. The van der Waals surface area contributed by atoms with E-state index in [1.807, 2.05) is 10.7 Å². The summed E-state index contributed by atoms with van der Waals surface area (Å²) in [5, 5.41) is 7.74. The first-order valence-electron chi connectivity index (χ1n) is 16.5. The summed E-state index contributed by atoms with van der Waals surface area (Å²) in [7, 11) is 0. The zero-order valence-corrected chi connectivity index (χ0v) is 28.1. The highest BCUT2D eigenvalue weighted by molar-refractivity contribution is 9.10. The predicted molar refractivity (Wildman–Crippen MR) is 205 cm³/mol. The van der Waals surface area contributed by atoms with Gasteiger partial charge in [-0.1, -0.05) is 143 Å². The molecule has 0 amide bonds. The SMILES string of the molecule is Brc1ccc(-c2nn(-c3ccccc3)cc2C(c2c(-c3ccccc3)[nH]c3ccccc23)c2c(-c3ccccc3)[nH]c3ccccc23)cc1. The summed E-state index contributed by atoms with van der Waals surface area (Å²) in [6, 6.07) is 57.6. The van der Waals surface area contributed by atoms with E-state index in [1.54, 1.807) is 0 Å². The van der Waals surface area contributed by atoms with Gasteiger partial charge in [0.15, 0.2) is 0 Å². The van der Waals surface area contributed by atoms with Crippen molar-refractivity contribution >= 4 is 37.7 Å². The van der Waals surface area contributed by atoms with E-state index in [0.717, 1.165) is 60.5 Å². The van der Waals surface area contributed by atoms with E-state index in [2.05, 4.69) is 190 Å². The standard InChI is InChI=1S/C44H31BrN4/c45-32-26-24-31(25-27-32)42-36(28-49(48-42)33-18-8-3-9-19-33)39(40-34-20-10-12-22-37(34)46-43(40)29-14-4-1-5-15-29)41-35-21-11-13-23-38(35)47-44(41)30-16-6-2-7-17-30/h1-28,39,46-47H. The highest BCUT2D eigenvalue weighted by atomic mass is 79.9. The second-order valence-corrected chi connectivity index (χ2v) is 13.2. The molecule has 0 aliphatic carbocycles. The van der Waals surface area contributed by atoms with Crippen LogP contribution in [0, 0.1) is 0 Å². The first kappa shape index (κ1) is 29.2. The lowest BCUT2D eigenvalue weighted by atomic mass is 9.79. The molecule has 3 aromatic heterocycles. The minimum atomic E-state index is -0.214. The van der Waals surface area contributed by atoms with Gasteiger partial charge in [-0.25, -0.2) is 4.68 Å².